The first-order valence-corrected chi connectivity index (χ1v) is 12.5. The summed E-state index contributed by atoms with van der Waals surface area (Å²) in [6.07, 6.45) is 2.62. The third kappa shape index (κ3) is 3.73. The molecule has 0 aromatic heterocycles. The number of aromatic hydroxyl groups is 1. The first kappa shape index (κ1) is 26.7. The van der Waals surface area contributed by atoms with E-state index in [2.05, 4.69) is 0 Å². The van der Waals surface area contributed by atoms with Crippen LogP contribution in [0.15, 0.2) is 23.0 Å². The van der Waals surface area contributed by atoms with Crippen molar-refractivity contribution in [3.63, 3.8) is 0 Å². The highest BCUT2D eigenvalue weighted by Crippen LogP contribution is 2.54. The molecular weight excluding hydrogens is 478 g/mol. The van der Waals surface area contributed by atoms with Gasteiger partial charge in [-0.1, -0.05) is 13.3 Å². The lowest BCUT2D eigenvalue weighted by Crippen LogP contribution is -2.65. The molecule has 0 heterocycles. The average molecular weight is 514 g/mol. The number of phenols is 1. The number of aliphatic hydroxyl groups is 3. The average Bonchev–Trinajstić information content (AvgIpc) is 2.80. The van der Waals surface area contributed by atoms with Gasteiger partial charge < -0.3 is 31.1 Å². The molecule has 1 amide bonds. The van der Waals surface area contributed by atoms with Gasteiger partial charge in [0.15, 0.2) is 11.4 Å². The minimum atomic E-state index is -2.63. The maximum Gasteiger partial charge on any atom is 0.255 e. The number of benzene rings is 1. The molecule has 0 aliphatic heterocycles. The summed E-state index contributed by atoms with van der Waals surface area (Å²) in [5.41, 5.74) is 3.99. The molecule has 3 aliphatic carbocycles. The van der Waals surface area contributed by atoms with Crippen LogP contribution in [0.3, 0.4) is 0 Å². The zero-order valence-electron chi connectivity index (χ0n) is 21.8. The number of Topliss-reactive ketones (excluding diaryl/α,β-unsaturated/α-hetero) is 2. The Balaban J connectivity index is 1.98. The Morgan fingerprint density at radius 1 is 1.16 bits per heavy atom. The lowest BCUT2D eigenvalue weighted by molar-refractivity contribution is -0.153. The Hall–Kier alpha value is -3.37. The van der Waals surface area contributed by atoms with E-state index in [1.807, 2.05) is 32.0 Å². The second kappa shape index (κ2) is 9.18. The number of amides is 1. The number of nitrogens with two attached hydrogens (primary N) is 1. The number of carbonyl (C=O) groups is 3. The van der Waals surface area contributed by atoms with Crippen molar-refractivity contribution in [2.24, 2.45) is 17.6 Å². The summed E-state index contributed by atoms with van der Waals surface area (Å²) < 4.78 is 0. The molecule has 37 heavy (non-hydrogen) atoms. The fourth-order valence-corrected chi connectivity index (χ4v) is 6.30. The lowest BCUT2D eigenvalue weighted by Gasteiger charge is -2.50. The summed E-state index contributed by atoms with van der Waals surface area (Å²) in [4.78, 5) is 42.6. The highest BCUT2D eigenvalue weighted by molar-refractivity contribution is 6.24. The van der Waals surface area contributed by atoms with Gasteiger partial charge in [-0.15, -0.1) is 0 Å². The third-order valence-corrected chi connectivity index (χ3v) is 8.06. The van der Waals surface area contributed by atoms with Crippen LogP contribution >= 0.6 is 0 Å². The molecule has 0 bridgehead atoms. The summed E-state index contributed by atoms with van der Waals surface area (Å²) in [5, 5.41) is 45.3. The number of carbonyl (C=O) groups excluding carboxylic acids is 3. The van der Waals surface area contributed by atoms with Crippen molar-refractivity contribution < 1.29 is 34.8 Å². The Bertz CT molecular complexity index is 1260. The Morgan fingerprint density at radius 2 is 1.81 bits per heavy atom. The van der Waals surface area contributed by atoms with E-state index in [0.29, 0.717) is 17.5 Å². The van der Waals surface area contributed by atoms with Gasteiger partial charge in [-0.2, -0.15) is 0 Å². The normalized spacial score (nSPS) is 27.3. The molecule has 1 aromatic carbocycles. The van der Waals surface area contributed by atoms with Crippen LogP contribution in [0.1, 0.15) is 42.9 Å². The molecule has 4 rings (SSSR count). The smallest absolute Gasteiger partial charge is 0.255 e. The zero-order valence-corrected chi connectivity index (χ0v) is 21.8. The quantitative estimate of drug-likeness (QED) is 0.353. The van der Waals surface area contributed by atoms with Gasteiger partial charge in [0.05, 0.1) is 11.6 Å². The Kier molecular flexibility index (Phi) is 6.62. The summed E-state index contributed by atoms with van der Waals surface area (Å²) >= 11 is 0. The molecule has 0 saturated heterocycles. The molecule has 200 valence electrons. The van der Waals surface area contributed by atoms with Gasteiger partial charge in [-0.05, 0) is 62.9 Å². The standard InChI is InChI=1S/C27H35N3O7/c1-6-7-8-12-11-16(29(2)3)14-9-13-10-15-20(30(4)5)23(33)19(26(28)36)25(35)27(15,37)24(34)17(13)22(32)18(14)21(12)31/h11,13,15,20,31-32,35,37H,6-10H2,1-5H3,(H2,28,36)/t13-,15-,20-,27-/m0/s1. The van der Waals surface area contributed by atoms with E-state index in [1.54, 1.807) is 14.1 Å². The molecule has 0 radical (unpaired) electrons. The van der Waals surface area contributed by atoms with Crippen molar-refractivity contribution >= 4 is 28.9 Å². The maximum absolute atomic E-state index is 13.9. The number of primary amides is 1. The van der Waals surface area contributed by atoms with Crippen LogP contribution < -0.4 is 10.6 Å². The largest absolute Gasteiger partial charge is 0.508 e. The van der Waals surface area contributed by atoms with Gasteiger partial charge in [-0.3, -0.25) is 19.3 Å². The van der Waals surface area contributed by atoms with Crippen molar-refractivity contribution in [1.82, 2.24) is 4.90 Å². The molecular formula is C27H35N3O7. The number of likely N-dealkylation sites (N-methyl/N-ethyl adjacent to an activating group) is 1. The van der Waals surface area contributed by atoms with Crippen molar-refractivity contribution in [3.05, 3.63) is 39.7 Å². The van der Waals surface area contributed by atoms with E-state index < -0.39 is 58.0 Å². The monoisotopic (exact) mass is 513 g/mol. The van der Waals surface area contributed by atoms with Gasteiger partial charge in [0.2, 0.25) is 5.78 Å². The molecule has 1 saturated carbocycles. The molecule has 0 spiro atoms. The highest BCUT2D eigenvalue weighted by Gasteiger charge is 2.64. The molecule has 0 unspecified atom stereocenters. The Labute approximate surface area is 215 Å². The van der Waals surface area contributed by atoms with Gasteiger partial charge in [0.1, 0.15) is 22.8 Å². The van der Waals surface area contributed by atoms with E-state index in [1.165, 1.54) is 4.90 Å². The number of hydrogen-bond acceptors (Lipinski definition) is 9. The summed E-state index contributed by atoms with van der Waals surface area (Å²) in [5.74, 6) is -6.38. The minimum Gasteiger partial charge on any atom is -0.508 e. The molecule has 1 aromatic rings. The van der Waals surface area contributed by atoms with Crippen LogP contribution in [0.4, 0.5) is 5.69 Å². The number of phenolic OH excluding ortho intramolecular Hbond substituents is 1. The maximum atomic E-state index is 13.9. The van der Waals surface area contributed by atoms with E-state index in [4.69, 9.17) is 5.73 Å². The SMILES string of the molecule is CCCCc1cc(N(C)C)c2c(c1O)C(O)=C1C(=O)[C@]3(O)C(O)=C(C(N)=O)C(=O)[C@@H](N(C)C)[C@@H]3C[C@@H]1C2. The Morgan fingerprint density at radius 3 is 2.35 bits per heavy atom. The number of ketones is 2. The van der Waals surface area contributed by atoms with Crippen LogP contribution in [-0.2, 0) is 27.2 Å². The number of rotatable bonds is 6. The van der Waals surface area contributed by atoms with Crippen LogP contribution in [0.25, 0.3) is 5.76 Å². The summed E-state index contributed by atoms with van der Waals surface area (Å²) in [6.45, 7) is 2.03. The fourth-order valence-electron chi connectivity index (χ4n) is 6.30. The van der Waals surface area contributed by atoms with Crippen molar-refractivity contribution in [2.75, 3.05) is 33.1 Å². The van der Waals surface area contributed by atoms with E-state index in [0.717, 1.165) is 18.5 Å². The van der Waals surface area contributed by atoms with Crippen molar-refractivity contribution in [1.29, 1.82) is 0 Å². The van der Waals surface area contributed by atoms with Crippen LogP contribution in [0.2, 0.25) is 0 Å². The van der Waals surface area contributed by atoms with Crippen LogP contribution in [0, 0.1) is 11.8 Å². The highest BCUT2D eigenvalue weighted by atomic mass is 16.3. The van der Waals surface area contributed by atoms with Gasteiger partial charge in [0.25, 0.3) is 5.91 Å². The molecule has 1 fully saturated rings. The number of aliphatic hydroxyl groups excluding tert-OH is 2. The summed E-state index contributed by atoms with van der Waals surface area (Å²) in [7, 11) is 6.86. The first-order valence-electron chi connectivity index (χ1n) is 12.5. The molecule has 10 nitrogen and oxygen atoms in total. The molecule has 6 N–H and O–H groups in total. The lowest BCUT2D eigenvalue weighted by atomic mass is 9.57. The number of aryl methyl sites for hydroxylation is 1. The number of nitrogens with zero attached hydrogens (tertiary/aromatic N) is 2. The fraction of sp³-hybridized carbons (Fsp3) is 0.519. The van der Waals surface area contributed by atoms with Crippen LogP contribution in [0.5, 0.6) is 5.75 Å². The van der Waals surface area contributed by atoms with Crippen molar-refractivity contribution in [3.8, 4) is 5.75 Å². The second-order valence-corrected chi connectivity index (χ2v) is 10.7. The van der Waals surface area contributed by atoms with E-state index in [-0.39, 0.29) is 29.7 Å². The van der Waals surface area contributed by atoms with E-state index in [9.17, 15) is 34.8 Å². The van der Waals surface area contributed by atoms with Crippen molar-refractivity contribution in [2.45, 2.75) is 50.7 Å². The number of fused-ring (bicyclic) bond motifs is 3. The molecule has 3 aliphatic rings. The third-order valence-electron chi connectivity index (χ3n) is 8.06. The minimum absolute atomic E-state index is 0.0664. The van der Waals surface area contributed by atoms with Gasteiger partial charge in [0, 0.05) is 31.3 Å². The number of anilines is 1. The first-order chi connectivity index (χ1) is 17.3. The predicted molar refractivity (Wildman–Crippen MR) is 137 cm³/mol. The van der Waals surface area contributed by atoms with E-state index >= 15 is 0 Å². The summed E-state index contributed by atoms with van der Waals surface area (Å²) in [6, 6.07) is 0.791. The zero-order chi connectivity index (χ0) is 27.6. The second-order valence-electron chi connectivity index (χ2n) is 10.7. The topological polar surface area (TPSA) is 165 Å². The van der Waals surface area contributed by atoms with Crippen LogP contribution in [-0.4, -0.2) is 82.6 Å². The predicted octanol–water partition coefficient (Wildman–Crippen LogP) is 1.37. The molecule has 10 heteroatoms. The molecule has 4 atom stereocenters. The van der Waals surface area contributed by atoms with Gasteiger partial charge in [-0.25, -0.2) is 0 Å². The number of hydrogen-bond donors (Lipinski definition) is 5. The van der Waals surface area contributed by atoms with Gasteiger partial charge >= 0.3 is 0 Å². The number of unbranched alkanes of at least 4 members (excludes halogenated alkanes) is 1.